The van der Waals surface area contributed by atoms with Crippen LogP contribution in [0.25, 0.3) is 11.4 Å². The zero-order chi connectivity index (χ0) is 24.0. The van der Waals surface area contributed by atoms with Gasteiger partial charge in [-0.3, -0.25) is 4.79 Å². The number of hydrogen-bond donors (Lipinski definition) is 1. The number of nitrogens with one attached hydrogen (secondary N) is 1. The first-order valence-electron chi connectivity index (χ1n) is 10.7. The molecule has 176 valence electrons. The van der Waals surface area contributed by atoms with Gasteiger partial charge in [-0.1, -0.05) is 56.3 Å². The van der Waals surface area contributed by atoms with Gasteiger partial charge in [0.1, 0.15) is 6.04 Å². The normalized spacial score (nSPS) is 12.2. The summed E-state index contributed by atoms with van der Waals surface area (Å²) in [7, 11) is 4.63. The van der Waals surface area contributed by atoms with Crippen LogP contribution in [0.5, 0.6) is 17.2 Å². The molecule has 8 heteroatoms. The third-order valence-electron chi connectivity index (χ3n) is 4.97. The van der Waals surface area contributed by atoms with Gasteiger partial charge in [-0.25, -0.2) is 0 Å². The molecular weight excluding hydrogens is 422 g/mol. The van der Waals surface area contributed by atoms with Crippen LogP contribution < -0.4 is 19.5 Å². The molecule has 0 unspecified atom stereocenters. The van der Waals surface area contributed by atoms with Crippen LogP contribution in [0.4, 0.5) is 0 Å². The van der Waals surface area contributed by atoms with Crippen LogP contribution in [0, 0.1) is 5.41 Å². The predicted molar refractivity (Wildman–Crippen MR) is 124 cm³/mol. The minimum absolute atomic E-state index is 0.0732. The molecule has 1 atom stereocenters. The monoisotopic (exact) mass is 453 g/mol. The zero-order valence-electron chi connectivity index (χ0n) is 20.0. The third kappa shape index (κ3) is 6.25. The van der Waals surface area contributed by atoms with Crippen LogP contribution >= 0.6 is 0 Å². The fraction of sp³-hybridized carbons (Fsp3) is 0.400. The van der Waals surface area contributed by atoms with Crippen molar-refractivity contribution < 1.29 is 23.5 Å². The number of aromatic nitrogens is 2. The van der Waals surface area contributed by atoms with Gasteiger partial charge in [0.2, 0.25) is 23.4 Å². The van der Waals surface area contributed by atoms with Crippen molar-refractivity contribution in [2.75, 3.05) is 21.3 Å². The summed E-state index contributed by atoms with van der Waals surface area (Å²) in [6.45, 7) is 6.07. The minimum Gasteiger partial charge on any atom is -0.493 e. The topological polar surface area (TPSA) is 95.7 Å². The fourth-order valence-corrected chi connectivity index (χ4v) is 3.48. The molecule has 0 saturated carbocycles. The highest BCUT2D eigenvalue weighted by molar-refractivity contribution is 5.77. The number of nitrogens with zero attached hydrogens (tertiary/aromatic N) is 2. The number of amides is 1. The lowest BCUT2D eigenvalue weighted by molar-refractivity contribution is -0.123. The summed E-state index contributed by atoms with van der Waals surface area (Å²) in [5, 5.41) is 7.21. The van der Waals surface area contributed by atoms with Crippen LogP contribution in [0.2, 0.25) is 0 Å². The number of benzene rings is 2. The van der Waals surface area contributed by atoms with Gasteiger partial charge in [0.05, 0.1) is 21.3 Å². The number of carbonyl (C=O) groups is 1. The van der Waals surface area contributed by atoms with E-state index in [-0.39, 0.29) is 11.3 Å². The van der Waals surface area contributed by atoms with Crippen LogP contribution in [-0.2, 0) is 11.2 Å². The van der Waals surface area contributed by atoms with E-state index in [1.54, 1.807) is 33.5 Å². The molecule has 1 amide bonds. The Kier molecular flexibility index (Phi) is 7.58. The molecular formula is C25H31N3O5. The Hall–Kier alpha value is -3.55. The Morgan fingerprint density at radius 1 is 1.03 bits per heavy atom. The van der Waals surface area contributed by atoms with Crippen molar-refractivity contribution in [3.63, 3.8) is 0 Å². The summed E-state index contributed by atoms with van der Waals surface area (Å²) in [6, 6.07) is 12.9. The standard InChI is InChI=1S/C25H31N3O5/c1-25(2,3)15-21(29)26-18(12-16-10-8-7-9-11-16)24-27-23(28-33-24)17-13-19(30-4)22(32-6)20(14-17)31-5/h7-11,13-14,18H,12,15H2,1-6H3,(H,26,29)/t18-/m0/s1. The maximum Gasteiger partial charge on any atom is 0.249 e. The highest BCUT2D eigenvalue weighted by atomic mass is 16.5. The Balaban J connectivity index is 1.93. The lowest BCUT2D eigenvalue weighted by Crippen LogP contribution is -2.32. The van der Waals surface area contributed by atoms with Crippen molar-refractivity contribution in [2.45, 2.75) is 39.7 Å². The number of carbonyl (C=O) groups excluding carboxylic acids is 1. The van der Waals surface area contributed by atoms with E-state index in [0.29, 0.717) is 47.4 Å². The molecule has 1 N–H and O–H groups in total. The Morgan fingerprint density at radius 3 is 2.21 bits per heavy atom. The molecule has 33 heavy (non-hydrogen) atoms. The van der Waals surface area contributed by atoms with Crippen LogP contribution in [0.1, 0.15) is 44.7 Å². The van der Waals surface area contributed by atoms with Crippen LogP contribution in [0.15, 0.2) is 47.0 Å². The molecule has 0 aliphatic rings. The molecule has 3 aromatic rings. The van der Waals surface area contributed by atoms with Crippen molar-refractivity contribution in [2.24, 2.45) is 5.41 Å². The SMILES string of the molecule is COc1cc(-c2noc([C@H](Cc3ccccc3)NC(=O)CC(C)(C)C)n2)cc(OC)c1OC. The molecule has 3 rings (SSSR count). The van der Waals surface area contributed by atoms with Gasteiger partial charge in [0.15, 0.2) is 11.5 Å². The van der Waals surface area contributed by atoms with E-state index < -0.39 is 6.04 Å². The van der Waals surface area contributed by atoms with Crippen LogP contribution in [0.3, 0.4) is 0 Å². The molecule has 1 heterocycles. The predicted octanol–water partition coefficient (Wildman–Crippen LogP) is 4.60. The molecule has 0 aliphatic heterocycles. The first-order valence-corrected chi connectivity index (χ1v) is 10.7. The quantitative estimate of drug-likeness (QED) is 0.506. The number of rotatable bonds is 9. The molecule has 0 saturated heterocycles. The summed E-state index contributed by atoms with van der Waals surface area (Å²) in [5.41, 5.74) is 1.54. The molecule has 0 aliphatic carbocycles. The average Bonchev–Trinajstić information content (AvgIpc) is 3.27. The van der Waals surface area contributed by atoms with Crippen molar-refractivity contribution in [1.82, 2.24) is 15.5 Å². The van der Waals surface area contributed by atoms with E-state index >= 15 is 0 Å². The van der Waals surface area contributed by atoms with E-state index in [0.717, 1.165) is 5.56 Å². The largest absolute Gasteiger partial charge is 0.493 e. The smallest absolute Gasteiger partial charge is 0.249 e. The van der Waals surface area contributed by atoms with E-state index in [2.05, 4.69) is 15.5 Å². The van der Waals surface area contributed by atoms with E-state index in [9.17, 15) is 4.79 Å². The minimum atomic E-state index is -0.467. The van der Waals surface area contributed by atoms with E-state index in [4.69, 9.17) is 18.7 Å². The van der Waals surface area contributed by atoms with Gasteiger partial charge in [0, 0.05) is 18.4 Å². The molecule has 1 aromatic heterocycles. The summed E-state index contributed by atoms with van der Waals surface area (Å²) in [4.78, 5) is 17.3. The molecule has 0 bridgehead atoms. The Bertz CT molecular complexity index is 1050. The van der Waals surface area contributed by atoms with Gasteiger partial charge in [-0.05, 0) is 23.1 Å². The summed E-state index contributed by atoms with van der Waals surface area (Å²) >= 11 is 0. The molecule has 0 fully saturated rings. The zero-order valence-corrected chi connectivity index (χ0v) is 20.0. The highest BCUT2D eigenvalue weighted by Gasteiger charge is 2.25. The lowest BCUT2D eigenvalue weighted by Gasteiger charge is -2.20. The van der Waals surface area contributed by atoms with E-state index in [1.165, 1.54) is 0 Å². The second-order valence-corrected chi connectivity index (χ2v) is 8.92. The second kappa shape index (κ2) is 10.4. The first-order chi connectivity index (χ1) is 15.7. The Morgan fingerprint density at radius 2 is 1.67 bits per heavy atom. The van der Waals surface area contributed by atoms with Crippen molar-refractivity contribution in [3.8, 4) is 28.6 Å². The highest BCUT2D eigenvalue weighted by Crippen LogP contribution is 2.40. The summed E-state index contributed by atoms with van der Waals surface area (Å²) < 4.78 is 21.8. The van der Waals surface area contributed by atoms with Gasteiger partial charge < -0.3 is 24.1 Å². The second-order valence-electron chi connectivity index (χ2n) is 8.92. The molecule has 0 radical (unpaired) electrons. The van der Waals surface area contributed by atoms with Gasteiger partial charge in [-0.2, -0.15) is 4.98 Å². The number of hydrogen-bond acceptors (Lipinski definition) is 7. The maximum absolute atomic E-state index is 12.7. The Labute approximate surface area is 194 Å². The average molecular weight is 454 g/mol. The fourth-order valence-electron chi connectivity index (χ4n) is 3.48. The van der Waals surface area contributed by atoms with Gasteiger partial charge >= 0.3 is 0 Å². The van der Waals surface area contributed by atoms with Crippen molar-refractivity contribution in [3.05, 3.63) is 53.9 Å². The molecule has 8 nitrogen and oxygen atoms in total. The summed E-state index contributed by atoms with van der Waals surface area (Å²) in [6.07, 6.45) is 0.903. The lowest BCUT2D eigenvalue weighted by atomic mass is 9.91. The third-order valence-corrected chi connectivity index (χ3v) is 4.97. The first kappa shape index (κ1) is 24.1. The number of ether oxygens (including phenoxy) is 3. The number of methoxy groups -OCH3 is 3. The summed E-state index contributed by atoms with van der Waals surface area (Å²) in [5.74, 6) is 2.05. The molecule has 0 spiro atoms. The van der Waals surface area contributed by atoms with Crippen LogP contribution in [-0.4, -0.2) is 37.4 Å². The van der Waals surface area contributed by atoms with Gasteiger partial charge in [-0.15, -0.1) is 0 Å². The van der Waals surface area contributed by atoms with Gasteiger partial charge in [0.25, 0.3) is 0 Å². The van der Waals surface area contributed by atoms with Crippen molar-refractivity contribution >= 4 is 5.91 Å². The maximum atomic E-state index is 12.7. The van der Waals surface area contributed by atoms with E-state index in [1.807, 2.05) is 51.1 Å². The van der Waals surface area contributed by atoms with Crippen molar-refractivity contribution in [1.29, 1.82) is 0 Å². The molecule has 2 aromatic carbocycles.